The number of aryl methyl sites for hydroxylation is 1. The number of carbonyl (C=O) groups is 1. The molecule has 0 bridgehead atoms. The van der Waals surface area contributed by atoms with Gasteiger partial charge in [-0.3, -0.25) is 4.79 Å². The zero-order chi connectivity index (χ0) is 22.3. The maximum Gasteiger partial charge on any atom is 0.231 e. The van der Waals surface area contributed by atoms with Gasteiger partial charge in [-0.05, 0) is 61.2 Å². The number of ketones is 1. The van der Waals surface area contributed by atoms with Crippen LogP contribution in [0.15, 0.2) is 75.1 Å². The van der Waals surface area contributed by atoms with E-state index >= 15 is 0 Å². The number of rotatable bonds is 9. The van der Waals surface area contributed by atoms with E-state index in [9.17, 15) is 4.79 Å². The van der Waals surface area contributed by atoms with E-state index in [0.717, 1.165) is 37.9 Å². The summed E-state index contributed by atoms with van der Waals surface area (Å²) in [4.78, 5) is 16.6. The van der Waals surface area contributed by atoms with Crippen LogP contribution in [-0.4, -0.2) is 10.8 Å². The van der Waals surface area contributed by atoms with Gasteiger partial charge in [0.25, 0.3) is 0 Å². The van der Waals surface area contributed by atoms with E-state index in [1.807, 2.05) is 42.5 Å². The van der Waals surface area contributed by atoms with Crippen LogP contribution in [0.2, 0.25) is 0 Å². The van der Waals surface area contributed by atoms with Crippen LogP contribution in [0, 0.1) is 0 Å². The molecule has 0 aliphatic rings. The highest BCUT2D eigenvalue weighted by atomic mass is 32.1. The molecular weight excluding hydrogens is 438 g/mol. The van der Waals surface area contributed by atoms with E-state index in [-0.39, 0.29) is 5.78 Å². The van der Waals surface area contributed by atoms with Crippen LogP contribution >= 0.6 is 22.7 Å². The van der Waals surface area contributed by atoms with Crippen molar-refractivity contribution < 1.29 is 4.79 Å². The average Bonchev–Trinajstić information content (AvgIpc) is 3.34. The second-order valence-electron chi connectivity index (χ2n) is 7.47. The van der Waals surface area contributed by atoms with Gasteiger partial charge < -0.3 is 0 Å². The first-order valence-corrected chi connectivity index (χ1v) is 12.1. The monoisotopic (exact) mass is 461 g/mol. The van der Waals surface area contributed by atoms with E-state index in [2.05, 4.69) is 44.5 Å². The first-order chi connectivity index (χ1) is 15.6. The van der Waals surface area contributed by atoms with Crippen LogP contribution in [-0.2, 0) is 17.6 Å². The van der Waals surface area contributed by atoms with Gasteiger partial charge in [0.2, 0.25) is 5.13 Å². The van der Waals surface area contributed by atoms with Gasteiger partial charge in [-0.1, -0.05) is 60.3 Å². The molecule has 0 saturated heterocycles. The van der Waals surface area contributed by atoms with E-state index in [0.29, 0.717) is 11.6 Å². The third-order valence-corrected chi connectivity index (χ3v) is 6.65. The van der Waals surface area contributed by atoms with Gasteiger partial charge in [0, 0.05) is 6.42 Å². The molecule has 0 atom stereocenters. The second kappa shape index (κ2) is 10.5. The second-order valence-corrected chi connectivity index (χ2v) is 9.48. The fraction of sp³-hybridized carbons (Fsp3) is 0.250. The predicted molar refractivity (Wildman–Crippen MR) is 132 cm³/mol. The van der Waals surface area contributed by atoms with Gasteiger partial charge in [0.05, 0.1) is 16.1 Å². The third-order valence-electron chi connectivity index (χ3n) is 4.72. The topological polar surface area (TPSA) is 79.4 Å². The quantitative estimate of drug-likeness (QED) is 0.234. The van der Waals surface area contributed by atoms with Crippen molar-refractivity contribution >= 4 is 59.5 Å². The largest absolute Gasteiger partial charge is 0.300 e. The van der Waals surface area contributed by atoms with Crippen molar-refractivity contribution in [2.75, 3.05) is 0 Å². The Morgan fingerprint density at radius 3 is 2.16 bits per heavy atom. The summed E-state index contributed by atoms with van der Waals surface area (Å²) in [5.74, 6) is 0.140. The summed E-state index contributed by atoms with van der Waals surface area (Å²) in [7, 11) is 0. The Bertz CT molecular complexity index is 1220. The Hall–Kier alpha value is -3.10. The van der Waals surface area contributed by atoms with Gasteiger partial charge in [0.15, 0.2) is 0 Å². The molecule has 2 heterocycles. The van der Waals surface area contributed by atoms with Gasteiger partial charge >= 0.3 is 0 Å². The molecule has 0 aliphatic heterocycles. The van der Waals surface area contributed by atoms with Gasteiger partial charge in [0.1, 0.15) is 15.6 Å². The van der Waals surface area contributed by atoms with Gasteiger partial charge in [-0.2, -0.15) is 0 Å². The number of nitrogens with zero attached hydrogens (tertiary/aromatic N) is 5. The van der Waals surface area contributed by atoms with Crippen LogP contribution in [0.3, 0.4) is 0 Å². The first kappa shape index (κ1) is 22.1. The number of unbranched alkanes of at least 4 members (excludes halogenated alkanes) is 1. The summed E-state index contributed by atoms with van der Waals surface area (Å²) in [6, 6.07) is 17.7. The Kier molecular flexibility index (Phi) is 7.24. The van der Waals surface area contributed by atoms with Crippen molar-refractivity contribution in [3.63, 3.8) is 0 Å². The molecule has 162 valence electrons. The Balaban J connectivity index is 1.39. The smallest absolute Gasteiger partial charge is 0.231 e. The highest BCUT2D eigenvalue weighted by Gasteiger charge is 2.08. The SMILES string of the molecule is CCCCc1ccc(N=Nc2cc3sc(N=Nc4ccc(CC(C)=O)cc4)nc3s2)cc1. The highest BCUT2D eigenvalue weighted by Crippen LogP contribution is 2.39. The number of benzene rings is 2. The number of fused-ring (bicyclic) bond motifs is 1. The summed E-state index contributed by atoms with van der Waals surface area (Å²) in [6.07, 6.45) is 3.94. The highest BCUT2D eigenvalue weighted by molar-refractivity contribution is 7.30. The average molecular weight is 462 g/mol. The molecule has 2 aromatic carbocycles. The van der Waals surface area contributed by atoms with Crippen LogP contribution < -0.4 is 0 Å². The number of thiophene rings is 1. The number of carbonyl (C=O) groups excluding carboxylic acids is 1. The Labute approximate surface area is 194 Å². The minimum atomic E-state index is 0.140. The normalized spacial score (nSPS) is 11.8. The van der Waals surface area contributed by atoms with Crippen molar-refractivity contribution in [3.8, 4) is 0 Å². The molecule has 0 fully saturated rings. The van der Waals surface area contributed by atoms with Crippen molar-refractivity contribution in [1.29, 1.82) is 0 Å². The molecule has 4 aromatic rings. The molecule has 0 radical (unpaired) electrons. The number of Topliss-reactive ketones (excluding diaryl/α,β-unsaturated/α-hetero) is 1. The van der Waals surface area contributed by atoms with Gasteiger partial charge in [-0.15, -0.1) is 20.5 Å². The molecule has 0 unspecified atom stereocenters. The molecule has 0 aliphatic carbocycles. The summed E-state index contributed by atoms with van der Waals surface area (Å²) in [6.45, 7) is 3.78. The Morgan fingerprint density at radius 2 is 1.53 bits per heavy atom. The summed E-state index contributed by atoms with van der Waals surface area (Å²) < 4.78 is 1.02. The van der Waals surface area contributed by atoms with E-state index in [4.69, 9.17) is 0 Å². The maximum absolute atomic E-state index is 11.2. The van der Waals surface area contributed by atoms with Crippen LogP contribution in [0.4, 0.5) is 21.5 Å². The third kappa shape index (κ3) is 5.99. The fourth-order valence-electron chi connectivity index (χ4n) is 3.09. The number of hydrogen-bond donors (Lipinski definition) is 0. The van der Waals surface area contributed by atoms with Crippen molar-refractivity contribution in [1.82, 2.24) is 4.98 Å². The summed E-state index contributed by atoms with van der Waals surface area (Å²) in [5.41, 5.74) is 3.88. The van der Waals surface area contributed by atoms with Crippen molar-refractivity contribution in [3.05, 3.63) is 65.7 Å². The molecule has 6 nitrogen and oxygen atoms in total. The molecule has 8 heteroatoms. The minimum Gasteiger partial charge on any atom is -0.300 e. The molecule has 32 heavy (non-hydrogen) atoms. The molecule has 0 saturated carbocycles. The molecule has 0 spiro atoms. The van der Waals surface area contributed by atoms with Crippen molar-refractivity contribution in [2.24, 2.45) is 20.5 Å². The lowest BCUT2D eigenvalue weighted by Gasteiger charge is -1.99. The number of thiazole rings is 1. The zero-order valence-corrected chi connectivity index (χ0v) is 19.6. The lowest BCUT2D eigenvalue weighted by atomic mass is 10.1. The molecular formula is C24H23N5OS2. The fourth-order valence-corrected chi connectivity index (χ4v) is 4.94. The number of azo groups is 2. The molecule has 0 N–H and O–H groups in total. The predicted octanol–water partition coefficient (Wildman–Crippen LogP) is 8.66. The standard InChI is InChI=1S/C24H23N5OS2/c1-3-4-5-17-6-10-19(11-7-17)26-28-22-15-21-23(32-22)25-24(31-21)29-27-20-12-8-18(9-13-20)14-16(2)30/h6-13,15H,3-5,14H2,1-2H3. The van der Waals surface area contributed by atoms with Crippen LogP contribution in [0.5, 0.6) is 0 Å². The summed E-state index contributed by atoms with van der Waals surface area (Å²) in [5, 5.41) is 18.6. The Morgan fingerprint density at radius 1 is 0.875 bits per heavy atom. The minimum absolute atomic E-state index is 0.140. The lowest BCUT2D eigenvalue weighted by Crippen LogP contribution is -1.94. The summed E-state index contributed by atoms with van der Waals surface area (Å²) >= 11 is 2.96. The van der Waals surface area contributed by atoms with E-state index < -0.39 is 0 Å². The number of aromatic nitrogens is 1. The van der Waals surface area contributed by atoms with Crippen molar-refractivity contribution in [2.45, 2.75) is 39.5 Å². The molecule has 0 amide bonds. The number of hydrogen-bond acceptors (Lipinski definition) is 8. The first-order valence-electron chi connectivity index (χ1n) is 10.5. The molecule has 2 aromatic heterocycles. The van der Waals surface area contributed by atoms with Crippen LogP contribution in [0.1, 0.15) is 37.8 Å². The van der Waals surface area contributed by atoms with E-state index in [1.165, 1.54) is 41.1 Å². The van der Waals surface area contributed by atoms with Crippen LogP contribution in [0.25, 0.3) is 9.53 Å². The van der Waals surface area contributed by atoms with E-state index in [1.54, 1.807) is 6.92 Å². The van der Waals surface area contributed by atoms with Gasteiger partial charge in [-0.25, -0.2) is 4.98 Å². The maximum atomic E-state index is 11.2. The zero-order valence-electron chi connectivity index (χ0n) is 18.0. The molecule has 4 rings (SSSR count). The lowest BCUT2D eigenvalue weighted by molar-refractivity contribution is -0.116.